The number of hydrogen-bond donors (Lipinski definition) is 0. The van der Waals surface area contributed by atoms with Gasteiger partial charge in [0.05, 0.1) is 18.4 Å². The summed E-state index contributed by atoms with van der Waals surface area (Å²) in [6.45, 7) is 4.11. The zero-order valence-corrected chi connectivity index (χ0v) is 12.1. The van der Waals surface area contributed by atoms with Gasteiger partial charge in [-0.25, -0.2) is 15.0 Å². The van der Waals surface area contributed by atoms with E-state index < -0.39 is 0 Å². The first kappa shape index (κ1) is 13.4. The van der Waals surface area contributed by atoms with Crippen molar-refractivity contribution >= 4 is 34.8 Å². The van der Waals surface area contributed by atoms with Crippen molar-refractivity contribution in [2.75, 3.05) is 7.05 Å². The maximum atomic E-state index is 4.46. The van der Waals surface area contributed by atoms with E-state index in [0.29, 0.717) is 0 Å². The van der Waals surface area contributed by atoms with Crippen molar-refractivity contribution in [2.45, 2.75) is 13.8 Å². The highest BCUT2D eigenvalue weighted by Gasteiger charge is 1.96. The van der Waals surface area contributed by atoms with Crippen LogP contribution in [-0.4, -0.2) is 29.6 Å². The molecule has 0 atom stereocenters. The Morgan fingerprint density at radius 3 is 2.74 bits per heavy atom. The summed E-state index contributed by atoms with van der Waals surface area (Å²) in [5.41, 5.74) is 3.35. The van der Waals surface area contributed by atoms with Crippen LogP contribution in [0, 0.1) is 13.8 Å². The maximum absolute atomic E-state index is 4.46. The molecule has 1 aromatic heterocycles. The summed E-state index contributed by atoms with van der Waals surface area (Å²) < 4.78 is 0. The van der Waals surface area contributed by atoms with Crippen molar-refractivity contribution in [1.82, 2.24) is 9.88 Å². The van der Waals surface area contributed by atoms with Gasteiger partial charge in [-0.1, -0.05) is 12.1 Å². The lowest BCUT2D eigenvalue weighted by Crippen LogP contribution is -2.12. The molecule has 98 valence electrons. The van der Waals surface area contributed by atoms with Gasteiger partial charge in [0.2, 0.25) is 5.13 Å². The average molecular weight is 272 g/mol. The predicted octanol–water partition coefficient (Wildman–Crippen LogP) is 3.71. The zero-order chi connectivity index (χ0) is 13.7. The van der Waals surface area contributed by atoms with Crippen LogP contribution in [0.25, 0.3) is 0 Å². The van der Waals surface area contributed by atoms with Gasteiger partial charge in [0.1, 0.15) is 0 Å². The summed E-state index contributed by atoms with van der Waals surface area (Å²) >= 11 is 1.50. The monoisotopic (exact) mass is 272 g/mol. The Bertz CT molecular complexity index is 587. The molecule has 0 fully saturated rings. The number of thiazole rings is 1. The molecule has 19 heavy (non-hydrogen) atoms. The summed E-state index contributed by atoms with van der Waals surface area (Å²) in [6, 6.07) is 6.23. The predicted molar refractivity (Wildman–Crippen MR) is 82.1 cm³/mol. The molecule has 0 aliphatic heterocycles. The molecule has 0 bridgehead atoms. The normalized spacial score (nSPS) is 11.5. The molecular formula is C14H16N4S. The number of rotatable bonds is 4. The molecule has 4 nitrogen and oxygen atoms in total. The molecule has 0 unspecified atom stereocenters. The molecule has 2 aromatic rings. The van der Waals surface area contributed by atoms with Crippen LogP contribution >= 0.6 is 11.3 Å². The van der Waals surface area contributed by atoms with Crippen LogP contribution in [0.4, 0.5) is 10.8 Å². The molecule has 5 heteroatoms. The third kappa shape index (κ3) is 3.99. The van der Waals surface area contributed by atoms with Crippen molar-refractivity contribution in [1.29, 1.82) is 0 Å². The Labute approximate surface area is 117 Å². The highest BCUT2D eigenvalue weighted by atomic mass is 32.1. The fourth-order valence-corrected chi connectivity index (χ4v) is 1.93. The van der Waals surface area contributed by atoms with Gasteiger partial charge in [-0.15, -0.1) is 11.3 Å². The molecular weight excluding hydrogens is 256 g/mol. The smallest absolute Gasteiger partial charge is 0.210 e. The van der Waals surface area contributed by atoms with Gasteiger partial charge in [0, 0.05) is 18.6 Å². The summed E-state index contributed by atoms with van der Waals surface area (Å²) in [7, 11) is 1.89. The van der Waals surface area contributed by atoms with Crippen molar-refractivity contribution < 1.29 is 0 Å². The van der Waals surface area contributed by atoms with Crippen molar-refractivity contribution in [3.8, 4) is 0 Å². The lowest BCUT2D eigenvalue weighted by atomic mass is 10.1. The van der Waals surface area contributed by atoms with Crippen LogP contribution in [0.15, 0.2) is 39.8 Å². The van der Waals surface area contributed by atoms with E-state index in [1.165, 1.54) is 16.9 Å². The van der Waals surface area contributed by atoms with E-state index in [0.717, 1.165) is 16.4 Å². The third-order valence-corrected chi connectivity index (χ3v) is 3.19. The molecule has 1 aromatic carbocycles. The lowest BCUT2D eigenvalue weighted by Gasteiger charge is -2.06. The van der Waals surface area contributed by atoms with E-state index in [1.54, 1.807) is 18.9 Å². The van der Waals surface area contributed by atoms with Gasteiger partial charge < -0.3 is 4.90 Å². The molecule has 1 heterocycles. The molecule has 0 saturated heterocycles. The van der Waals surface area contributed by atoms with E-state index in [1.807, 2.05) is 17.3 Å². The minimum atomic E-state index is 0.743. The minimum Gasteiger partial charge on any atom is -0.326 e. The number of nitrogens with zero attached hydrogens (tertiary/aromatic N) is 4. The van der Waals surface area contributed by atoms with E-state index in [4.69, 9.17) is 0 Å². The van der Waals surface area contributed by atoms with Crippen molar-refractivity contribution in [3.05, 3.63) is 40.9 Å². The van der Waals surface area contributed by atoms with Gasteiger partial charge in [-0.2, -0.15) is 0 Å². The molecule has 0 saturated carbocycles. The molecule has 0 aliphatic rings. The SMILES string of the molecule is Cc1ccc(C)c(/N=C/N(C)/C=N/c2nccs2)c1. The van der Waals surface area contributed by atoms with Gasteiger partial charge in [-0.05, 0) is 31.0 Å². The first-order valence-corrected chi connectivity index (χ1v) is 6.80. The number of aryl methyl sites for hydroxylation is 2. The largest absolute Gasteiger partial charge is 0.326 e. The number of aromatic nitrogens is 1. The van der Waals surface area contributed by atoms with E-state index >= 15 is 0 Å². The van der Waals surface area contributed by atoms with Crippen LogP contribution in [0.2, 0.25) is 0 Å². The molecule has 0 spiro atoms. The Hall–Kier alpha value is -2.01. The standard InChI is InChI=1S/C14H16N4S/c1-11-4-5-12(2)13(8-11)16-9-18(3)10-17-14-15-6-7-19-14/h4-10H,1-3H3/b16-9+,17-10+. The van der Waals surface area contributed by atoms with Crippen LogP contribution < -0.4 is 0 Å². The highest BCUT2D eigenvalue weighted by Crippen LogP contribution is 2.19. The Kier molecular flexibility index (Phi) is 4.41. The van der Waals surface area contributed by atoms with E-state index in [9.17, 15) is 0 Å². The molecule has 0 radical (unpaired) electrons. The zero-order valence-electron chi connectivity index (χ0n) is 11.2. The summed E-state index contributed by atoms with van der Waals surface area (Å²) in [4.78, 5) is 14.6. The second kappa shape index (κ2) is 6.24. The van der Waals surface area contributed by atoms with Crippen molar-refractivity contribution in [2.24, 2.45) is 9.98 Å². The van der Waals surface area contributed by atoms with Gasteiger partial charge in [-0.3, -0.25) is 0 Å². The summed E-state index contributed by atoms with van der Waals surface area (Å²) in [6.07, 6.45) is 5.19. The topological polar surface area (TPSA) is 40.9 Å². The van der Waals surface area contributed by atoms with Crippen LogP contribution in [0.1, 0.15) is 11.1 Å². The first-order chi connectivity index (χ1) is 9.15. The third-order valence-electron chi connectivity index (χ3n) is 2.51. The number of benzene rings is 1. The summed E-state index contributed by atoms with van der Waals surface area (Å²) in [5.74, 6) is 0. The Balaban J connectivity index is 2.03. The van der Waals surface area contributed by atoms with Crippen LogP contribution in [0.5, 0.6) is 0 Å². The quantitative estimate of drug-likeness (QED) is 0.629. The van der Waals surface area contributed by atoms with Gasteiger partial charge in [0.15, 0.2) is 0 Å². The molecule has 0 aliphatic carbocycles. The average Bonchev–Trinajstić information content (AvgIpc) is 2.90. The maximum Gasteiger partial charge on any atom is 0.210 e. The first-order valence-electron chi connectivity index (χ1n) is 5.92. The lowest BCUT2D eigenvalue weighted by molar-refractivity contribution is 0.801. The summed E-state index contributed by atoms with van der Waals surface area (Å²) in [5, 5.41) is 2.64. The van der Waals surface area contributed by atoms with Gasteiger partial charge in [0.25, 0.3) is 0 Å². The second-order valence-electron chi connectivity index (χ2n) is 4.26. The van der Waals surface area contributed by atoms with E-state index in [2.05, 4.69) is 47.0 Å². The number of hydrogen-bond acceptors (Lipinski definition) is 4. The number of aliphatic imine (C=N–C) groups is 2. The Morgan fingerprint density at radius 2 is 2.00 bits per heavy atom. The van der Waals surface area contributed by atoms with Gasteiger partial charge >= 0.3 is 0 Å². The fraction of sp³-hybridized carbons (Fsp3) is 0.214. The van der Waals surface area contributed by atoms with Crippen LogP contribution in [0.3, 0.4) is 0 Å². The second-order valence-corrected chi connectivity index (χ2v) is 5.13. The Morgan fingerprint density at radius 1 is 1.21 bits per heavy atom. The van der Waals surface area contributed by atoms with E-state index in [-0.39, 0.29) is 0 Å². The highest BCUT2D eigenvalue weighted by molar-refractivity contribution is 7.13. The van der Waals surface area contributed by atoms with Crippen molar-refractivity contribution in [3.63, 3.8) is 0 Å². The minimum absolute atomic E-state index is 0.743. The molecule has 0 N–H and O–H groups in total. The molecule has 2 rings (SSSR count). The van der Waals surface area contributed by atoms with Crippen LogP contribution in [-0.2, 0) is 0 Å². The fourth-order valence-electron chi connectivity index (χ4n) is 1.46. The molecule has 0 amide bonds.